The number of imidazole rings is 1. The number of likely N-dealkylation sites (tertiary alicyclic amines) is 1. The molecule has 2 aromatic rings. The lowest BCUT2D eigenvalue weighted by molar-refractivity contribution is -0.129. The fraction of sp³-hybridized carbons (Fsp3) is 0.429. The Labute approximate surface area is 127 Å². The van der Waals surface area contributed by atoms with Crippen molar-refractivity contribution in [2.75, 3.05) is 19.5 Å². The van der Waals surface area contributed by atoms with Crippen LogP contribution in [0.4, 0.5) is 0 Å². The number of nitrogens with zero attached hydrogens (tertiary/aromatic N) is 3. The molecule has 0 spiro atoms. The molecule has 1 aromatic heterocycles. The van der Waals surface area contributed by atoms with E-state index in [0.29, 0.717) is 17.3 Å². The highest BCUT2D eigenvalue weighted by atomic mass is 35.5. The first kappa shape index (κ1) is 13.7. The smallest absolute Gasteiger partial charge is 0.245 e. The number of fused-ring (bicyclic) bond motifs is 1. The minimum Gasteiger partial charge on any atom is -0.344 e. The lowest BCUT2D eigenvalue weighted by Gasteiger charge is -2.15. The maximum Gasteiger partial charge on any atom is 0.245 e. The van der Waals surface area contributed by atoms with Crippen molar-refractivity contribution in [1.29, 1.82) is 0 Å². The molecule has 0 aliphatic carbocycles. The molecule has 0 saturated carbocycles. The molecular formula is C14H15Cl2N3O. The van der Waals surface area contributed by atoms with Crippen LogP contribution in [0.25, 0.3) is 11.0 Å². The number of hydrogen-bond acceptors (Lipinski definition) is 2. The van der Waals surface area contributed by atoms with Crippen molar-refractivity contribution in [2.45, 2.75) is 18.9 Å². The summed E-state index contributed by atoms with van der Waals surface area (Å²) in [7, 11) is 1.83. The molecule has 106 valence electrons. The van der Waals surface area contributed by atoms with Crippen LogP contribution in [0.3, 0.4) is 0 Å². The Kier molecular flexibility index (Phi) is 3.61. The average Bonchev–Trinajstić information content (AvgIpc) is 2.92. The molecule has 1 aliphatic heterocycles. The van der Waals surface area contributed by atoms with Gasteiger partial charge in [-0.2, -0.15) is 0 Å². The molecule has 2 heterocycles. The molecule has 1 aliphatic rings. The Hall–Kier alpha value is -1.26. The highest BCUT2D eigenvalue weighted by Crippen LogP contribution is 2.30. The monoisotopic (exact) mass is 311 g/mol. The van der Waals surface area contributed by atoms with E-state index < -0.39 is 0 Å². The van der Waals surface area contributed by atoms with Crippen LogP contribution >= 0.6 is 23.2 Å². The Morgan fingerprint density at radius 2 is 2.25 bits per heavy atom. The van der Waals surface area contributed by atoms with E-state index >= 15 is 0 Å². The highest BCUT2D eigenvalue weighted by molar-refractivity contribution is 6.31. The number of hydrogen-bond donors (Lipinski definition) is 0. The molecule has 3 rings (SSSR count). The third-order valence-electron chi connectivity index (χ3n) is 3.75. The maximum absolute atomic E-state index is 12.3. The summed E-state index contributed by atoms with van der Waals surface area (Å²) in [5.41, 5.74) is 1.77. The highest BCUT2D eigenvalue weighted by Gasteiger charge is 2.33. The number of alkyl halides is 1. The maximum atomic E-state index is 12.3. The van der Waals surface area contributed by atoms with E-state index in [1.165, 1.54) is 0 Å². The third kappa shape index (κ3) is 2.17. The van der Waals surface area contributed by atoms with Gasteiger partial charge < -0.3 is 9.47 Å². The fourth-order valence-electron chi connectivity index (χ4n) is 2.77. The van der Waals surface area contributed by atoms with Gasteiger partial charge in [0.1, 0.15) is 11.9 Å². The van der Waals surface area contributed by atoms with Crippen LogP contribution in [-0.2, 0) is 11.2 Å². The zero-order valence-electron chi connectivity index (χ0n) is 11.1. The number of rotatable bonds is 3. The molecular weight excluding hydrogens is 297 g/mol. The average molecular weight is 312 g/mol. The van der Waals surface area contributed by atoms with Crippen molar-refractivity contribution in [3.63, 3.8) is 0 Å². The molecule has 1 atom stereocenters. The normalized spacial score (nSPS) is 19.2. The van der Waals surface area contributed by atoms with Crippen LogP contribution in [0.1, 0.15) is 18.3 Å². The quantitative estimate of drug-likeness (QED) is 0.817. The SMILES string of the molecule is CN1CCC(n2c(CCCl)nc3ccc(Cl)cc32)C1=O. The van der Waals surface area contributed by atoms with Crippen molar-refractivity contribution in [2.24, 2.45) is 0 Å². The lowest BCUT2D eigenvalue weighted by atomic mass is 10.2. The van der Waals surface area contributed by atoms with Gasteiger partial charge in [-0.25, -0.2) is 4.98 Å². The first-order valence-electron chi connectivity index (χ1n) is 6.59. The predicted octanol–water partition coefficient (Wildman–Crippen LogP) is 2.87. The van der Waals surface area contributed by atoms with Gasteiger partial charge >= 0.3 is 0 Å². The van der Waals surface area contributed by atoms with Gasteiger partial charge in [0.05, 0.1) is 11.0 Å². The van der Waals surface area contributed by atoms with Gasteiger partial charge in [-0.3, -0.25) is 4.79 Å². The van der Waals surface area contributed by atoms with Crippen LogP contribution < -0.4 is 0 Å². The number of carbonyl (C=O) groups excluding carboxylic acids is 1. The van der Waals surface area contributed by atoms with Gasteiger partial charge in [0.15, 0.2) is 0 Å². The molecule has 1 unspecified atom stereocenters. The number of benzene rings is 1. The van der Waals surface area contributed by atoms with Gasteiger partial charge in [0.25, 0.3) is 0 Å². The summed E-state index contributed by atoms with van der Waals surface area (Å²) in [6, 6.07) is 5.37. The van der Waals surface area contributed by atoms with Crippen molar-refractivity contribution < 1.29 is 4.79 Å². The zero-order chi connectivity index (χ0) is 14.3. The largest absolute Gasteiger partial charge is 0.344 e. The van der Waals surface area contributed by atoms with Crippen LogP contribution in [0.15, 0.2) is 18.2 Å². The van der Waals surface area contributed by atoms with E-state index in [9.17, 15) is 4.79 Å². The molecule has 20 heavy (non-hydrogen) atoms. The predicted molar refractivity (Wildman–Crippen MR) is 80.5 cm³/mol. The first-order valence-corrected chi connectivity index (χ1v) is 7.50. The van der Waals surface area contributed by atoms with E-state index in [0.717, 1.165) is 29.8 Å². The third-order valence-corrected chi connectivity index (χ3v) is 4.18. The van der Waals surface area contributed by atoms with Crippen LogP contribution in [0, 0.1) is 0 Å². The van der Waals surface area contributed by atoms with E-state index in [2.05, 4.69) is 4.98 Å². The molecule has 0 N–H and O–H groups in total. The van der Waals surface area contributed by atoms with Gasteiger partial charge in [0.2, 0.25) is 5.91 Å². The summed E-state index contributed by atoms with van der Waals surface area (Å²) in [5.74, 6) is 1.46. The zero-order valence-corrected chi connectivity index (χ0v) is 12.7. The summed E-state index contributed by atoms with van der Waals surface area (Å²) in [4.78, 5) is 18.7. The summed E-state index contributed by atoms with van der Waals surface area (Å²) in [6.07, 6.45) is 1.43. The van der Waals surface area contributed by atoms with Crippen LogP contribution in [0.5, 0.6) is 0 Å². The number of carbonyl (C=O) groups is 1. The van der Waals surface area contributed by atoms with E-state index in [4.69, 9.17) is 23.2 Å². The topological polar surface area (TPSA) is 38.1 Å². The molecule has 4 nitrogen and oxygen atoms in total. The minimum absolute atomic E-state index is 0.125. The minimum atomic E-state index is -0.193. The lowest BCUT2D eigenvalue weighted by Crippen LogP contribution is -2.25. The second-order valence-electron chi connectivity index (χ2n) is 5.03. The first-order chi connectivity index (χ1) is 9.61. The van der Waals surface area contributed by atoms with E-state index in [1.807, 2.05) is 29.8 Å². The van der Waals surface area contributed by atoms with Gasteiger partial charge in [-0.1, -0.05) is 11.6 Å². The van der Waals surface area contributed by atoms with Crippen molar-refractivity contribution in [1.82, 2.24) is 14.5 Å². The molecule has 6 heteroatoms. The molecule has 0 radical (unpaired) electrons. The molecule has 1 fully saturated rings. The van der Waals surface area contributed by atoms with Crippen molar-refractivity contribution >= 4 is 40.1 Å². The van der Waals surface area contributed by atoms with E-state index in [-0.39, 0.29) is 11.9 Å². The second kappa shape index (κ2) is 5.26. The second-order valence-corrected chi connectivity index (χ2v) is 5.85. The number of halogens is 2. The van der Waals surface area contributed by atoms with Gasteiger partial charge in [-0.05, 0) is 24.6 Å². The molecule has 1 amide bonds. The Morgan fingerprint density at radius 3 is 2.90 bits per heavy atom. The van der Waals surface area contributed by atoms with Crippen LogP contribution in [0.2, 0.25) is 5.02 Å². The standard InChI is InChI=1S/C14H15Cl2N3O/c1-18-7-5-11(14(18)20)19-12-8-9(16)2-3-10(12)17-13(19)4-6-15/h2-3,8,11H,4-7H2,1H3. The van der Waals surface area contributed by atoms with Gasteiger partial charge in [0, 0.05) is 30.9 Å². The number of aromatic nitrogens is 2. The Bertz CT molecular complexity index is 668. The van der Waals surface area contributed by atoms with Crippen molar-refractivity contribution in [3.05, 3.63) is 29.0 Å². The number of likely N-dealkylation sites (N-methyl/N-ethyl adjacent to an activating group) is 1. The van der Waals surface area contributed by atoms with Crippen LogP contribution in [-0.4, -0.2) is 39.8 Å². The van der Waals surface area contributed by atoms with E-state index in [1.54, 1.807) is 4.90 Å². The fourth-order valence-corrected chi connectivity index (χ4v) is 3.10. The summed E-state index contributed by atoms with van der Waals surface area (Å²) >= 11 is 12.0. The Balaban J connectivity index is 2.18. The van der Waals surface area contributed by atoms with Gasteiger partial charge in [-0.15, -0.1) is 11.6 Å². The molecule has 0 bridgehead atoms. The molecule has 1 saturated heterocycles. The summed E-state index contributed by atoms with van der Waals surface area (Å²) < 4.78 is 2.01. The molecule has 1 aromatic carbocycles. The Morgan fingerprint density at radius 1 is 1.45 bits per heavy atom. The van der Waals surface area contributed by atoms with Crippen molar-refractivity contribution in [3.8, 4) is 0 Å². The summed E-state index contributed by atoms with van der Waals surface area (Å²) in [5, 5.41) is 0.648. The number of amides is 1. The number of aryl methyl sites for hydroxylation is 1. The summed E-state index contributed by atoms with van der Waals surface area (Å²) in [6.45, 7) is 0.768.